The van der Waals surface area contributed by atoms with Gasteiger partial charge in [0.25, 0.3) is 5.56 Å². The van der Waals surface area contributed by atoms with Crippen molar-refractivity contribution in [2.75, 3.05) is 5.43 Å². The van der Waals surface area contributed by atoms with Gasteiger partial charge in [0.1, 0.15) is 15.7 Å². The molecule has 4 aromatic rings. The van der Waals surface area contributed by atoms with Crippen LogP contribution >= 0.6 is 11.8 Å². The maximum atomic E-state index is 13.0. The van der Waals surface area contributed by atoms with Crippen molar-refractivity contribution in [2.45, 2.75) is 10.1 Å². The number of nitrogens with one attached hydrogen (secondary N) is 1. The maximum absolute atomic E-state index is 13.0. The summed E-state index contributed by atoms with van der Waals surface area (Å²) in [7, 11) is 0. The van der Waals surface area contributed by atoms with Crippen molar-refractivity contribution >= 4 is 29.3 Å². The van der Waals surface area contributed by atoms with Crippen LogP contribution in [0.25, 0.3) is 5.65 Å². The van der Waals surface area contributed by atoms with Crippen molar-refractivity contribution < 1.29 is 0 Å². The van der Waals surface area contributed by atoms with Gasteiger partial charge in [-0.2, -0.15) is 5.10 Å². The molecule has 0 saturated heterocycles. The van der Waals surface area contributed by atoms with Crippen molar-refractivity contribution in [2.24, 2.45) is 5.10 Å². The molecule has 3 heterocycles. The smallest absolute Gasteiger partial charge is 0.267 e. The minimum absolute atomic E-state index is 0.183. The number of benzene rings is 1. The lowest BCUT2D eigenvalue weighted by atomic mass is 10.3. The molecule has 0 atom stereocenters. The average Bonchev–Trinajstić information content (AvgIpc) is 2.72. The summed E-state index contributed by atoms with van der Waals surface area (Å²) in [5, 5.41) is 5.54. The summed E-state index contributed by atoms with van der Waals surface area (Å²) < 4.78 is 1.51. The Bertz CT molecular complexity index is 1140. The van der Waals surface area contributed by atoms with Crippen molar-refractivity contribution in [1.29, 1.82) is 0 Å². The normalized spacial score (nSPS) is 11.1. The number of hydrogen-bond donors (Lipinski definition) is 1. The number of anilines is 1. The first kappa shape index (κ1) is 17.0. The van der Waals surface area contributed by atoms with Crippen LogP contribution in [0.2, 0.25) is 0 Å². The monoisotopic (exact) mass is 373 g/mol. The zero-order valence-electron chi connectivity index (χ0n) is 14.2. The molecule has 0 fully saturated rings. The highest BCUT2D eigenvalue weighted by Gasteiger charge is 2.13. The zero-order valence-corrected chi connectivity index (χ0v) is 15.0. The van der Waals surface area contributed by atoms with Crippen LogP contribution in [-0.2, 0) is 0 Å². The van der Waals surface area contributed by atoms with Crippen LogP contribution in [0.3, 0.4) is 0 Å². The van der Waals surface area contributed by atoms with Crippen molar-refractivity contribution in [3.8, 4) is 0 Å². The molecule has 0 aliphatic carbocycles. The van der Waals surface area contributed by atoms with E-state index in [4.69, 9.17) is 0 Å². The quantitative estimate of drug-likeness (QED) is 0.328. The predicted molar refractivity (Wildman–Crippen MR) is 107 cm³/mol. The van der Waals surface area contributed by atoms with Gasteiger partial charge >= 0.3 is 0 Å². The Kier molecular flexibility index (Phi) is 4.93. The number of nitrogens with zero attached hydrogens (tertiary/aromatic N) is 4. The Morgan fingerprint density at radius 1 is 1.00 bits per heavy atom. The SMILES string of the molecule is O=c1c(/C=N/Nc2ccccc2)c(Sc2ccccn2)nc2ccccn12. The molecular formula is C20H15N5OS. The lowest BCUT2D eigenvalue weighted by Gasteiger charge is -2.07. The van der Waals surface area contributed by atoms with Gasteiger partial charge in [0.05, 0.1) is 17.5 Å². The molecule has 0 aliphatic heterocycles. The van der Waals surface area contributed by atoms with Crippen LogP contribution in [0.4, 0.5) is 5.69 Å². The Balaban J connectivity index is 1.75. The number of para-hydroxylation sites is 1. The van der Waals surface area contributed by atoms with Crippen LogP contribution in [0.1, 0.15) is 5.56 Å². The molecule has 0 bridgehead atoms. The lowest BCUT2D eigenvalue weighted by molar-refractivity contribution is 0.973. The summed E-state index contributed by atoms with van der Waals surface area (Å²) in [5.74, 6) is 0. The molecule has 6 nitrogen and oxygen atoms in total. The summed E-state index contributed by atoms with van der Waals surface area (Å²) in [5.41, 5.74) is 4.56. The molecule has 0 radical (unpaired) electrons. The molecular weight excluding hydrogens is 358 g/mol. The van der Waals surface area contributed by atoms with E-state index < -0.39 is 0 Å². The summed E-state index contributed by atoms with van der Waals surface area (Å²) in [6.07, 6.45) is 4.91. The standard InChI is InChI=1S/C20H15N5OS/c26-20-16(14-22-24-15-8-2-1-3-9-15)19(27-18-11-4-6-12-21-18)23-17-10-5-7-13-25(17)20/h1-14,24H/b22-14+. The highest BCUT2D eigenvalue weighted by atomic mass is 32.2. The Morgan fingerprint density at radius 2 is 1.81 bits per heavy atom. The average molecular weight is 373 g/mol. The Labute approximate surface area is 159 Å². The van der Waals surface area contributed by atoms with Gasteiger partial charge < -0.3 is 0 Å². The van der Waals surface area contributed by atoms with Crippen molar-refractivity contribution in [3.63, 3.8) is 0 Å². The van der Waals surface area contributed by atoms with Gasteiger partial charge in [0.2, 0.25) is 0 Å². The largest absolute Gasteiger partial charge is 0.279 e. The van der Waals surface area contributed by atoms with Crippen molar-refractivity contribution in [1.82, 2.24) is 14.4 Å². The van der Waals surface area contributed by atoms with Gasteiger partial charge in [0, 0.05) is 12.4 Å². The highest BCUT2D eigenvalue weighted by Crippen LogP contribution is 2.25. The van der Waals surface area contributed by atoms with E-state index >= 15 is 0 Å². The van der Waals surface area contributed by atoms with E-state index in [9.17, 15) is 4.79 Å². The number of pyridine rings is 2. The molecule has 1 N–H and O–H groups in total. The number of rotatable bonds is 5. The lowest BCUT2D eigenvalue weighted by Crippen LogP contribution is -2.21. The predicted octanol–water partition coefficient (Wildman–Crippen LogP) is 3.69. The van der Waals surface area contributed by atoms with Crippen LogP contribution < -0.4 is 11.0 Å². The van der Waals surface area contributed by atoms with Crippen LogP contribution in [0.5, 0.6) is 0 Å². The number of fused-ring (bicyclic) bond motifs is 1. The van der Waals surface area contributed by atoms with E-state index in [-0.39, 0.29) is 5.56 Å². The summed E-state index contributed by atoms with van der Waals surface area (Å²) in [4.78, 5) is 21.9. The van der Waals surface area contributed by atoms with Gasteiger partial charge in [-0.15, -0.1) is 0 Å². The van der Waals surface area contributed by atoms with E-state index in [2.05, 4.69) is 20.5 Å². The first-order valence-electron chi connectivity index (χ1n) is 8.26. The van der Waals surface area contributed by atoms with Crippen LogP contribution in [-0.4, -0.2) is 20.6 Å². The molecule has 7 heteroatoms. The third-order valence-corrected chi connectivity index (χ3v) is 4.69. The molecule has 3 aromatic heterocycles. The second-order valence-corrected chi connectivity index (χ2v) is 6.58. The van der Waals surface area contributed by atoms with E-state index in [1.54, 1.807) is 24.5 Å². The second-order valence-electron chi connectivity index (χ2n) is 5.57. The second kappa shape index (κ2) is 7.84. The third kappa shape index (κ3) is 3.88. The van der Waals surface area contributed by atoms with E-state index in [0.29, 0.717) is 16.2 Å². The van der Waals surface area contributed by atoms with Crippen molar-refractivity contribution in [3.05, 3.63) is 95.0 Å². The third-order valence-electron chi connectivity index (χ3n) is 3.73. The summed E-state index contributed by atoms with van der Waals surface area (Å²) in [6, 6.07) is 20.6. The Hall–Kier alpha value is -3.45. The van der Waals surface area contributed by atoms with Gasteiger partial charge in [0.15, 0.2) is 0 Å². The van der Waals surface area contributed by atoms with Gasteiger partial charge in [-0.3, -0.25) is 14.6 Å². The van der Waals surface area contributed by atoms with E-state index in [1.807, 2.05) is 54.6 Å². The fourth-order valence-corrected chi connectivity index (χ4v) is 3.31. The molecule has 132 valence electrons. The molecule has 1 aromatic carbocycles. The van der Waals surface area contributed by atoms with Gasteiger partial charge in [-0.1, -0.05) is 30.3 Å². The fourth-order valence-electron chi connectivity index (χ4n) is 2.46. The molecule has 27 heavy (non-hydrogen) atoms. The molecule has 4 rings (SSSR count). The van der Waals surface area contributed by atoms with Gasteiger partial charge in [-0.25, -0.2) is 9.97 Å². The van der Waals surface area contributed by atoms with E-state index in [1.165, 1.54) is 22.4 Å². The first-order chi connectivity index (χ1) is 13.3. The summed E-state index contributed by atoms with van der Waals surface area (Å²) in [6.45, 7) is 0. The molecule has 0 amide bonds. The molecule has 0 aliphatic rings. The minimum atomic E-state index is -0.183. The number of hydrogen-bond acceptors (Lipinski definition) is 6. The van der Waals surface area contributed by atoms with Gasteiger partial charge in [-0.05, 0) is 48.2 Å². The Morgan fingerprint density at radius 3 is 2.63 bits per heavy atom. The fraction of sp³-hybridized carbons (Fsp3) is 0. The molecule has 0 unspecified atom stereocenters. The van der Waals surface area contributed by atoms with Crippen LogP contribution in [0, 0.1) is 0 Å². The maximum Gasteiger partial charge on any atom is 0.267 e. The topological polar surface area (TPSA) is 71.7 Å². The minimum Gasteiger partial charge on any atom is -0.279 e. The molecule has 0 saturated carbocycles. The van der Waals surface area contributed by atoms with E-state index in [0.717, 1.165) is 10.7 Å². The number of hydrazone groups is 1. The zero-order chi connectivity index (χ0) is 18.5. The number of aromatic nitrogens is 3. The highest BCUT2D eigenvalue weighted by molar-refractivity contribution is 7.99. The van der Waals surface area contributed by atoms with Crippen LogP contribution in [0.15, 0.2) is 99.1 Å². The molecule has 0 spiro atoms. The first-order valence-corrected chi connectivity index (χ1v) is 9.07. The summed E-state index contributed by atoms with van der Waals surface area (Å²) >= 11 is 1.33.